The van der Waals surface area contributed by atoms with Crippen LogP contribution in [0.1, 0.15) is 0 Å². The summed E-state index contributed by atoms with van der Waals surface area (Å²) in [6.07, 6.45) is 0. The summed E-state index contributed by atoms with van der Waals surface area (Å²) < 4.78 is 162. The van der Waals surface area contributed by atoms with Crippen LogP contribution in [-0.4, -0.2) is 61.9 Å². The summed E-state index contributed by atoms with van der Waals surface area (Å²) in [6, 6.07) is 12.1. The molecule has 6 aromatic carbocycles. The van der Waals surface area contributed by atoms with E-state index in [-0.39, 0.29) is 227 Å². The van der Waals surface area contributed by atoms with Crippen LogP contribution < -0.4 is 222 Å². The van der Waals surface area contributed by atoms with Crippen LogP contribution >= 0.6 is 23.2 Å². The molecule has 0 radical (unpaired) electrons. The second-order valence-electron chi connectivity index (χ2n) is 10.6. The van der Waals surface area contributed by atoms with Crippen molar-refractivity contribution in [1.82, 2.24) is 9.97 Å². The van der Waals surface area contributed by atoms with Crippen LogP contribution in [0.4, 0.5) is 0 Å². The molecule has 0 aliphatic rings. The van der Waals surface area contributed by atoms with Gasteiger partial charge in [-0.1, -0.05) is 71.7 Å². The summed E-state index contributed by atoms with van der Waals surface area (Å²) in [5.74, 6) is -2.86. The summed E-state index contributed by atoms with van der Waals surface area (Å²) in [6.45, 7) is 0. The number of aromatic nitrogens is 2. The van der Waals surface area contributed by atoms with E-state index >= 15 is 0 Å². The monoisotopic (exact) mass is 984 g/mol. The van der Waals surface area contributed by atoms with E-state index in [4.69, 9.17) is 39.9 Å². The summed E-state index contributed by atoms with van der Waals surface area (Å²) in [7, 11) is -22.3. The van der Waals surface area contributed by atoms with E-state index in [9.17, 15) is 51.9 Å². The number of rotatable bonds is 8. The maximum atomic E-state index is 12.0. The molecular weight excluding hydrogens is 976 g/mol. The molecule has 0 saturated carbocycles. The molecule has 28 heteroatoms. The van der Waals surface area contributed by atoms with Gasteiger partial charge in [-0.3, -0.25) is 0 Å². The fourth-order valence-corrected chi connectivity index (χ4v) is 7.81. The zero-order valence-corrected chi connectivity index (χ0v) is 45.9. The average molecular weight is 986 g/mol. The Kier molecular flexibility index (Phi) is 18.1. The summed E-state index contributed by atoms with van der Waals surface area (Å²) in [5, 5.41) is -3.71. The first kappa shape index (κ1) is 52.3. The molecule has 0 unspecified atom stereocenters. The molecule has 270 valence electrons. The third-order valence-electron chi connectivity index (χ3n) is 7.42. The van der Waals surface area contributed by atoms with Gasteiger partial charge in [0.1, 0.15) is 22.1 Å². The number of halogens is 2. The minimum absolute atomic E-state index is 0. The van der Waals surface area contributed by atoms with Crippen molar-refractivity contribution in [2.24, 2.45) is 0 Å². The van der Waals surface area contributed by atoms with E-state index in [1.54, 1.807) is 0 Å². The van der Waals surface area contributed by atoms with Gasteiger partial charge in [0, 0.05) is 32.3 Å². The zero-order valence-electron chi connectivity index (χ0n) is 28.6. The molecule has 7 rings (SSSR count). The van der Waals surface area contributed by atoms with Gasteiger partial charge in [0.15, 0.2) is 23.0 Å². The minimum atomic E-state index is -5.60. The van der Waals surface area contributed by atoms with Crippen LogP contribution in [-0.2, 0) is 41.6 Å². The fraction of sp³-hybridized carbons (Fsp3) is 0. The maximum absolute atomic E-state index is 12.0. The topological polar surface area (TPSA) is 291 Å². The van der Waals surface area contributed by atoms with Crippen molar-refractivity contribution in [3.63, 3.8) is 0 Å². The number of nitrogens with zero attached hydrogens (tertiary/aromatic N) is 2. The molecule has 0 atom stereocenters. The van der Waals surface area contributed by atoms with Crippen LogP contribution in [0.2, 0.25) is 10.0 Å². The molecule has 18 nitrogen and oxygen atoms in total. The van der Waals surface area contributed by atoms with Crippen LogP contribution in [0.5, 0.6) is 23.0 Å². The summed E-state index contributed by atoms with van der Waals surface area (Å²) >= 11 is 13.2. The second kappa shape index (κ2) is 19.3. The Balaban J connectivity index is 0.00000210. The Morgan fingerprint density at radius 1 is 0.411 bits per heavy atom. The molecule has 56 heavy (non-hydrogen) atoms. The van der Waals surface area contributed by atoms with Crippen LogP contribution in [0.3, 0.4) is 0 Å². The summed E-state index contributed by atoms with van der Waals surface area (Å²) in [5.41, 5.74) is -1.78. The third-order valence-corrected chi connectivity index (χ3v) is 9.48. The van der Waals surface area contributed by atoms with Crippen molar-refractivity contribution in [3.8, 4) is 23.0 Å². The standard InChI is InChI=1S/C28H14Cl2N2O16S4.4K/c29-17-9-15-19(27(47-51(39,40)41)13-7-3-1-5-11(13)25(15)45-49(33,34)35)23-21(17)32-24-20-16(10-18(30)22(24)31-23)26(46-50(36,37)38)12-6-2-4-8-14(12)28(20)48-52(42,43)44;;;;/h1-10H,(H,33,34,35)(H,36,37,38)(H,39,40,41)(H,42,43,44);;;;/q;4*+1/p-4. The predicted octanol–water partition coefficient (Wildman–Crippen LogP) is -7.93. The van der Waals surface area contributed by atoms with Crippen molar-refractivity contribution >= 4 is 130 Å². The van der Waals surface area contributed by atoms with Gasteiger partial charge in [-0.25, -0.2) is 43.6 Å². The molecule has 7 aromatic rings. The molecule has 0 aliphatic heterocycles. The molecule has 0 amide bonds. The molecule has 0 fully saturated rings. The molecular formula is C28H10Cl2K4N2O16S4. The smallest absolute Gasteiger partial charge is 0.716 e. The molecule has 0 spiro atoms. The van der Waals surface area contributed by atoms with Gasteiger partial charge < -0.3 is 34.9 Å². The first-order chi connectivity index (χ1) is 24.1. The van der Waals surface area contributed by atoms with Gasteiger partial charge in [-0.2, -0.15) is 0 Å². The predicted molar refractivity (Wildman–Crippen MR) is 178 cm³/mol. The van der Waals surface area contributed by atoms with E-state index in [1.165, 1.54) is 48.5 Å². The maximum Gasteiger partial charge on any atom is 1.00 e. The number of benzene rings is 6. The van der Waals surface area contributed by atoms with Gasteiger partial charge in [0.25, 0.3) is 41.6 Å². The fourth-order valence-electron chi connectivity index (χ4n) is 5.80. The Bertz CT molecular complexity index is 3020. The molecule has 0 aliphatic carbocycles. The second-order valence-corrected chi connectivity index (χ2v) is 15.3. The first-order valence-corrected chi connectivity index (χ1v) is 19.7. The molecule has 1 aromatic heterocycles. The normalized spacial score (nSPS) is 12.1. The van der Waals surface area contributed by atoms with Crippen molar-refractivity contribution in [2.45, 2.75) is 0 Å². The van der Waals surface area contributed by atoms with E-state index in [0.717, 1.165) is 12.1 Å². The Morgan fingerprint density at radius 3 is 0.929 bits per heavy atom. The Morgan fingerprint density at radius 2 is 0.661 bits per heavy atom. The molecule has 0 bridgehead atoms. The first-order valence-electron chi connectivity index (χ1n) is 13.6. The molecule has 1 heterocycles. The summed E-state index contributed by atoms with van der Waals surface area (Å²) in [4.78, 5) is 8.86. The largest absolute Gasteiger partial charge is 1.00 e. The van der Waals surface area contributed by atoms with Crippen LogP contribution in [0, 0.1) is 0 Å². The third kappa shape index (κ3) is 11.0. The SMILES string of the molecule is O=S(=O)([O-])Oc1c2ccccc2c(OS(=O)(=O)[O-])c2c1cc(Cl)c1nc3c(nc12)c(Cl)cc1c(OS(=O)(=O)[O-])c2ccccc2c(OS(=O)(=O)[O-])c13.[K+].[K+].[K+].[K+]. The van der Waals surface area contributed by atoms with Gasteiger partial charge in [0.05, 0.1) is 20.8 Å². The van der Waals surface area contributed by atoms with Gasteiger partial charge in [-0.05, 0) is 12.1 Å². The zero-order chi connectivity index (χ0) is 37.7. The van der Waals surface area contributed by atoms with Crippen molar-refractivity contribution < 1.29 is 274 Å². The number of hydrogen-bond donors (Lipinski definition) is 0. The van der Waals surface area contributed by atoms with E-state index in [0.29, 0.717) is 0 Å². The number of hydrogen-bond acceptors (Lipinski definition) is 18. The quantitative estimate of drug-likeness (QED) is 0.0449. The number of fused-ring (bicyclic) bond motifs is 8. The van der Waals surface area contributed by atoms with Gasteiger partial charge >= 0.3 is 206 Å². The Labute approximate surface area is 496 Å². The van der Waals surface area contributed by atoms with Crippen molar-refractivity contribution in [1.29, 1.82) is 0 Å². The van der Waals surface area contributed by atoms with Gasteiger partial charge in [-0.15, -0.1) is 0 Å². The molecule has 0 N–H and O–H groups in total. The van der Waals surface area contributed by atoms with Crippen LogP contribution in [0.15, 0.2) is 60.7 Å². The van der Waals surface area contributed by atoms with E-state index in [1.807, 2.05) is 0 Å². The average Bonchev–Trinajstić information content (AvgIpc) is 3.01. The van der Waals surface area contributed by atoms with Crippen molar-refractivity contribution in [3.05, 3.63) is 70.7 Å². The van der Waals surface area contributed by atoms with Crippen LogP contribution in [0.25, 0.3) is 65.2 Å². The van der Waals surface area contributed by atoms with E-state index in [2.05, 4.69) is 9.97 Å². The van der Waals surface area contributed by atoms with E-state index < -0.39 is 118 Å². The molecule has 0 saturated heterocycles. The minimum Gasteiger partial charge on any atom is -0.716 e. The van der Waals surface area contributed by atoms with Crippen molar-refractivity contribution in [2.75, 3.05) is 0 Å². The van der Waals surface area contributed by atoms with Gasteiger partial charge in [0.2, 0.25) is 0 Å². The Hall–Kier alpha value is 1.93.